The second-order valence-corrected chi connectivity index (χ2v) is 5.75. The Morgan fingerprint density at radius 2 is 1.68 bits per heavy atom. The van der Waals surface area contributed by atoms with E-state index in [1.54, 1.807) is 0 Å². The van der Waals surface area contributed by atoms with Gasteiger partial charge in [-0.3, -0.25) is 14.4 Å². The van der Waals surface area contributed by atoms with E-state index < -0.39 is 48.4 Å². The summed E-state index contributed by atoms with van der Waals surface area (Å²) >= 11 is 0. The number of nitrogen functional groups attached to an aromatic ring is 1. The topological polar surface area (TPSA) is 171 Å². The van der Waals surface area contributed by atoms with Gasteiger partial charge in [0.1, 0.15) is 12.7 Å². The van der Waals surface area contributed by atoms with E-state index >= 15 is 0 Å². The summed E-state index contributed by atoms with van der Waals surface area (Å²) < 4.78 is 26.6. The maximum Gasteiger partial charge on any atom is 0.378 e. The minimum absolute atomic E-state index is 0.239. The summed E-state index contributed by atoms with van der Waals surface area (Å²) in [5.74, 6) is -3.40. The van der Waals surface area contributed by atoms with Crippen LogP contribution in [0.1, 0.15) is 37.6 Å². The summed E-state index contributed by atoms with van der Waals surface area (Å²) in [7, 11) is 1.14. The number of esters is 4. The molecule has 0 saturated carbocycles. The zero-order valence-corrected chi connectivity index (χ0v) is 15.6. The minimum Gasteiger partial charge on any atom is -0.463 e. The first-order chi connectivity index (χ1) is 13.1. The lowest BCUT2D eigenvalue weighted by Gasteiger charge is -2.23. The summed E-state index contributed by atoms with van der Waals surface area (Å²) in [6, 6.07) is 0. The monoisotopic (exact) mass is 400 g/mol. The molecule has 2 heterocycles. The molecule has 4 atom stereocenters. The number of nitrogens with zero attached hydrogens (tertiary/aromatic N) is 3. The third-order valence-corrected chi connectivity index (χ3v) is 3.61. The molecule has 0 aliphatic carbocycles. The molecule has 0 radical (unpaired) electrons. The SMILES string of the molecule is COC(=O)c1nc(N)n([C@@H]2O[C@H](COC(C)=O)C(OC(C)=O)C2OC(C)=O)n1. The summed E-state index contributed by atoms with van der Waals surface area (Å²) in [4.78, 5) is 49.6. The minimum atomic E-state index is -1.21. The molecule has 1 saturated heterocycles. The Balaban J connectivity index is 2.40. The number of methoxy groups -OCH3 is 1. The summed E-state index contributed by atoms with van der Waals surface area (Å²) in [6.45, 7) is 3.20. The van der Waals surface area contributed by atoms with Crippen LogP contribution in [-0.4, -0.2) is 70.7 Å². The maximum atomic E-state index is 11.6. The molecule has 1 aromatic rings. The van der Waals surface area contributed by atoms with Crippen LogP contribution < -0.4 is 5.73 Å². The zero-order valence-electron chi connectivity index (χ0n) is 15.6. The Morgan fingerprint density at radius 1 is 1.07 bits per heavy atom. The van der Waals surface area contributed by atoms with Gasteiger partial charge in [0.25, 0.3) is 5.82 Å². The molecule has 0 aromatic carbocycles. The van der Waals surface area contributed by atoms with Crippen molar-refractivity contribution in [3.05, 3.63) is 5.82 Å². The van der Waals surface area contributed by atoms with E-state index in [2.05, 4.69) is 14.8 Å². The normalized spacial score (nSPS) is 23.7. The molecule has 1 aromatic heterocycles. The Morgan fingerprint density at radius 3 is 2.21 bits per heavy atom. The van der Waals surface area contributed by atoms with Crippen LogP contribution in [0.15, 0.2) is 0 Å². The molecule has 2 rings (SSSR count). The molecule has 1 aliphatic rings. The van der Waals surface area contributed by atoms with Crippen LogP contribution in [0.2, 0.25) is 0 Å². The van der Waals surface area contributed by atoms with Crippen LogP contribution in [0.25, 0.3) is 0 Å². The number of ether oxygens (including phenoxy) is 5. The van der Waals surface area contributed by atoms with Crippen LogP contribution in [0.4, 0.5) is 5.95 Å². The van der Waals surface area contributed by atoms with Gasteiger partial charge in [-0.1, -0.05) is 0 Å². The van der Waals surface area contributed by atoms with Crippen LogP contribution in [-0.2, 0) is 38.1 Å². The Labute approximate surface area is 159 Å². The molecule has 0 bridgehead atoms. The first-order valence-corrected chi connectivity index (χ1v) is 8.07. The Kier molecular flexibility index (Phi) is 6.51. The predicted molar refractivity (Wildman–Crippen MR) is 87.4 cm³/mol. The second kappa shape index (κ2) is 8.65. The molecule has 2 unspecified atom stereocenters. The van der Waals surface area contributed by atoms with E-state index in [9.17, 15) is 19.2 Å². The van der Waals surface area contributed by atoms with E-state index in [1.165, 1.54) is 6.92 Å². The quantitative estimate of drug-likeness (QED) is 0.455. The average molecular weight is 400 g/mol. The fourth-order valence-electron chi connectivity index (χ4n) is 2.59. The van der Waals surface area contributed by atoms with Crippen molar-refractivity contribution in [1.82, 2.24) is 14.8 Å². The Bertz CT molecular complexity index is 778. The zero-order chi connectivity index (χ0) is 21.0. The molecule has 0 amide bonds. The second-order valence-electron chi connectivity index (χ2n) is 5.75. The van der Waals surface area contributed by atoms with Crippen LogP contribution >= 0.6 is 0 Å². The fraction of sp³-hybridized carbons (Fsp3) is 0.600. The van der Waals surface area contributed by atoms with Crippen molar-refractivity contribution < 1.29 is 42.9 Å². The molecule has 28 heavy (non-hydrogen) atoms. The van der Waals surface area contributed by atoms with Gasteiger partial charge in [-0.25, -0.2) is 4.79 Å². The number of hydrogen-bond acceptors (Lipinski definition) is 12. The standard InChI is InChI=1S/C15H20N4O9/c1-6(20)25-5-9-10(26-7(2)21)11(27-8(3)22)13(28-9)19-15(16)17-12(18-19)14(23)24-4/h9-11,13H,5H2,1-4H3,(H2,16,17,18)/t9-,10?,11?,13-/m1/s1. The van der Waals surface area contributed by atoms with Crippen LogP contribution in [0, 0.1) is 0 Å². The molecule has 154 valence electrons. The average Bonchev–Trinajstić information content (AvgIpc) is 3.13. The fourth-order valence-corrected chi connectivity index (χ4v) is 2.59. The first kappa shape index (κ1) is 21.1. The van der Waals surface area contributed by atoms with E-state index in [0.717, 1.165) is 25.6 Å². The van der Waals surface area contributed by atoms with E-state index in [4.69, 9.17) is 24.7 Å². The van der Waals surface area contributed by atoms with E-state index in [-0.39, 0.29) is 18.4 Å². The van der Waals surface area contributed by atoms with Gasteiger partial charge in [0.15, 0.2) is 18.4 Å². The van der Waals surface area contributed by atoms with Gasteiger partial charge in [0.05, 0.1) is 7.11 Å². The highest BCUT2D eigenvalue weighted by Gasteiger charge is 2.51. The molecular weight excluding hydrogens is 380 g/mol. The number of nitrogens with two attached hydrogens (primary N) is 1. The molecule has 1 aliphatic heterocycles. The smallest absolute Gasteiger partial charge is 0.378 e. The molecule has 13 nitrogen and oxygen atoms in total. The number of hydrogen-bond donors (Lipinski definition) is 1. The summed E-state index contributed by atoms with van der Waals surface area (Å²) in [5.41, 5.74) is 5.79. The van der Waals surface area contributed by atoms with Crippen LogP contribution in [0.5, 0.6) is 0 Å². The lowest BCUT2D eigenvalue weighted by Crippen LogP contribution is -2.40. The van der Waals surface area contributed by atoms with Crippen molar-refractivity contribution in [1.29, 1.82) is 0 Å². The van der Waals surface area contributed by atoms with Gasteiger partial charge in [-0.15, -0.1) is 5.10 Å². The van der Waals surface area contributed by atoms with Gasteiger partial charge in [0, 0.05) is 20.8 Å². The van der Waals surface area contributed by atoms with Gasteiger partial charge < -0.3 is 29.4 Å². The van der Waals surface area contributed by atoms with E-state index in [0.29, 0.717) is 0 Å². The molecule has 0 spiro atoms. The Hall–Kier alpha value is -3.22. The number of anilines is 1. The van der Waals surface area contributed by atoms with Crippen molar-refractivity contribution in [3.63, 3.8) is 0 Å². The van der Waals surface area contributed by atoms with Gasteiger partial charge in [-0.2, -0.15) is 9.67 Å². The first-order valence-electron chi connectivity index (χ1n) is 8.07. The van der Waals surface area contributed by atoms with Crippen molar-refractivity contribution in [2.75, 3.05) is 19.5 Å². The third-order valence-electron chi connectivity index (χ3n) is 3.61. The number of carbonyl (C=O) groups is 4. The van der Waals surface area contributed by atoms with Crippen LogP contribution in [0.3, 0.4) is 0 Å². The van der Waals surface area contributed by atoms with Gasteiger partial charge in [0.2, 0.25) is 5.95 Å². The van der Waals surface area contributed by atoms with Gasteiger partial charge in [-0.05, 0) is 0 Å². The highest BCUT2D eigenvalue weighted by atomic mass is 16.7. The summed E-state index contributed by atoms with van der Waals surface area (Å²) in [6.07, 6.45) is -4.53. The summed E-state index contributed by atoms with van der Waals surface area (Å²) in [5, 5.41) is 3.90. The molecule has 13 heteroatoms. The largest absolute Gasteiger partial charge is 0.463 e. The lowest BCUT2D eigenvalue weighted by atomic mass is 10.1. The predicted octanol–water partition coefficient (Wildman–Crippen LogP) is -1.03. The van der Waals surface area contributed by atoms with E-state index in [1.807, 2.05) is 0 Å². The molecular formula is C15H20N4O9. The molecule has 1 fully saturated rings. The van der Waals surface area contributed by atoms with Crippen molar-refractivity contribution in [2.45, 2.75) is 45.3 Å². The van der Waals surface area contributed by atoms with Gasteiger partial charge >= 0.3 is 23.9 Å². The highest BCUT2D eigenvalue weighted by molar-refractivity contribution is 5.85. The number of aromatic nitrogens is 3. The number of rotatable bonds is 6. The maximum absolute atomic E-state index is 11.6. The number of carbonyl (C=O) groups excluding carboxylic acids is 4. The third kappa shape index (κ3) is 4.73. The van der Waals surface area contributed by atoms with Crippen molar-refractivity contribution in [2.24, 2.45) is 0 Å². The molecule has 2 N–H and O–H groups in total. The lowest BCUT2D eigenvalue weighted by molar-refractivity contribution is -0.166. The van der Waals surface area contributed by atoms with Crippen molar-refractivity contribution in [3.8, 4) is 0 Å². The van der Waals surface area contributed by atoms with Crippen molar-refractivity contribution >= 4 is 29.8 Å². The highest BCUT2D eigenvalue weighted by Crippen LogP contribution is 2.35.